The zero-order chi connectivity index (χ0) is 32.7. The fraction of sp³-hybridized carbons (Fsp3) is 0.531. The van der Waals surface area contributed by atoms with Gasteiger partial charge in [-0.1, -0.05) is 24.3 Å². The summed E-state index contributed by atoms with van der Waals surface area (Å²) >= 11 is 0. The van der Waals surface area contributed by atoms with Crippen LogP contribution in [0.1, 0.15) is 45.6 Å². The summed E-state index contributed by atoms with van der Waals surface area (Å²) in [6.45, 7) is 7.07. The largest absolute Gasteiger partial charge is 0.444 e. The van der Waals surface area contributed by atoms with Crippen LogP contribution in [0.3, 0.4) is 0 Å². The van der Waals surface area contributed by atoms with Gasteiger partial charge in [0.1, 0.15) is 17.7 Å². The van der Waals surface area contributed by atoms with Crippen molar-refractivity contribution in [3.05, 3.63) is 53.6 Å². The smallest absolute Gasteiger partial charge is 0.411 e. The third-order valence-electron chi connectivity index (χ3n) is 8.76. The number of sulfonamides is 1. The molecule has 2 aromatic carbocycles. The number of likely N-dealkylation sites (tertiary alicyclic amines) is 1. The third-order valence-corrected chi connectivity index (χ3v) is 10.7. The quantitative estimate of drug-likeness (QED) is 0.486. The molecule has 0 radical (unpaired) electrons. The van der Waals surface area contributed by atoms with Crippen LogP contribution < -0.4 is 5.32 Å². The molecule has 2 saturated heterocycles. The van der Waals surface area contributed by atoms with Crippen molar-refractivity contribution in [2.75, 3.05) is 33.2 Å². The van der Waals surface area contributed by atoms with Crippen molar-refractivity contribution in [1.29, 1.82) is 5.26 Å². The molecule has 1 aliphatic carbocycles. The second kappa shape index (κ2) is 12.7. The van der Waals surface area contributed by atoms with Gasteiger partial charge in [0, 0.05) is 44.2 Å². The van der Waals surface area contributed by atoms with Crippen LogP contribution in [0, 0.1) is 28.9 Å². The Hall–Kier alpha value is -3.60. The van der Waals surface area contributed by atoms with Gasteiger partial charge in [-0.2, -0.15) is 9.57 Å². The molecule has 1 N–H and O–H groups in total. The van der Waals surface area contributed by atoms with Crippen molar-refractivity contribution in [2.45, 2.75) is 75.1 Å². The van der Waals surface area contributed by atoms with E-state index in [-0.39, 0.29) is 40.0 Å². The number of carbonyl (C=O) groups is 2. The van der Waals surface area contributed by atoms with E-state index in [4.69, 9.17) is 4.74 Å². The van der Waals surface area contributed by atoms with E-state index < -0.39 is 51.3 Å². The van der Waals surface area contributed by atoms with Crippen LogP contribution in [0.4, 0.5) is 13.6 Å². The van der Waals surface area contributed by atoms with Crippen LogP contribution >= 0.6 is 0 Å². The summed E-state index contributed by atoms with van der Waals surface area (Å²) in [5.41, 5.74) is -0.805. The van der Waals surface area contributed by atoms with E-state index in [9.17, 15) is 23.3 Å². The Bertz CT molecular complexity index is 1610. The van der Waals surface area contributed by atoms with Gasteiger partial charge in [-0.05, 0) is 76.3 Å². The average Bonchev–Trinajstić information content (AvgIpc) is 3.61. The van der Waals surface area contributed by atoms with E-state index in [1.165, 1.54) is 45.6 Å². The summed E-state index contributed by atoms with van der Waals surface area (Å²) in [7, 11) is -1.91. The Labute approximate surface area is 263 Å². The lowest BCUT2D eigenvalue weighted by molar-refractivity contribution is -0.128. The minimum atomic E-state index is -3.83. The molecule has 5 rings (SSSR count). The Kier molecular flexibility index (Phi) is 9.22. The second-order valence-corrected chi connectivity index (χ2v) is 15.0. The molecule has 242 valence electrons. The van der Waals surface area contributed by atoms with Crippen LogP contribution in [0.15, 0.2) is 41.3 Å². The van der Waals surface area contributed by atoms with Crippen molar-refractivity contribution in [2.24, 2.45) is 5.92 Å². The van der Waals surface area contributed by atoms with E-state index in [0.717, 1.165) is 12.8 Å². The highest BCUT2D eigenvalue weighted by atomic mass is 32.2. The monoisotopic (exact) mass is 643 g/mol. The van der Waals surface area contributed by atoms with Gasteiger partial charge in [-0.25, -0.2) is 22.0 Å². The average molecular weight is 644 g/mol. The molecule has 2 amide bonds. The van der Waals surface area contributed by atoms with Crippen LogP contribution in [0.25, 0.3) is 11.1 Å². The number of fused-ring (bicyclic) bond motifs is 2. The highest BCUT2D eigenvalue weighted by Crippen LogP contribution is 2.43. The van der Waals surface area contributed by atoms with Gasteiger partial charge in [0.25, 0.3) is 0 Å². The Morgan fingerprint density at radius 2 is 1.80 bits per heavy atom. The number of nitriles is 1. The fourth-order valence-electron chi connectivity index (χ4n) is 6.48. The number of hydrogen-bond acceptors (Lipinski definition) is 7. The van der Waals surface area contributed by atoms with E-state index in [1.54, 1.807) is 20.8 Å². The highest BCUT2D eigenvalue weighted by Gasteiger charge is 2.52. The van der Waals surface area contributed by atoms with Crippen molar-refractivity contribution < 1.29 is 31.5 Å². The van der Waals surface area contributed by atoms with Crippen molar-refractivity contribution in [1.82, 2.24) is 19.4 Å². The maximum Gasteiger partial charge on any atom is 0.411 e. The number of nitrogens with zero attached hydrogens (tertiary/aromatic N) is 4. The lowest BCUT2D eigenvalue weighted by atomic mass is 9.96. The lowest BCUT2D eigenvalue weighted by Gasteiger charge is -2.35. The molecule has 3 aliphatic rings. The fourth-order valence-corrected chi connectivity index (χ4v) is 7.95. The topological polar surface area (TPSA) is 123 Å². The number of benzene rings is 2. The number of likely N-dealkylation sites (N-methyl/N-ethyl adjacent to an activating group) is 1. The molecule has 10 nitrogen and oxygen atoms in total. The number of nitrogens with one attached hydrogen (secondary N) is 1. The van der Waals surface area contributed by atoms with Gasteiger partial charge >= 0.3 is 6.09 Å². The Morgan fingerprint density at radius 1 is 1.09 bits per heavy atom. The SMILES string of the molecule is CN1CCN(S(=O)(=O)c2cccc(-c3ccc(C[C@@H](C#N)NC(=O)[C@@H]4[C@H]5CC[C@H](C5)N4C(=O)OC(C)(C)C)c(F)c3F)c2)CC1. The molecule has 3 fully saturated rings. The van der Waals surface area contributed by atoms with Gasteiger partial charge in [-0.3, -0.25) is 9.69 Å². The summed E-state index contributed by atoms with van der Waals surface area (Å²) in [6, 6.07) is 8.24. The number of piperazine rings is 1. The molecule has 2 bridgehead atoms. The summed E-state index contributed by atoms with van der Waals surface area (Å²) in [5.74, 6) is -2.99. The maximum absolute atomic E-state index is 15.4. The summed E-state index contributed by atoms with van der Waals surface area (Å²) in [5, 5.41) is 12.4. The number of halogens is 2. The third kappa shape index (κ3) is 6.83. The van der Waals surface area contributed by atoms with Crippen molar-refractivity contribution in [3.63, 3.8) is 0 Å². The van der Waals surface area contributed by atoms with Gasteiger partial charge in [0.15, 0.2) is 11.6 Å². The van der Waals surface area contributed by atoms with Crippen LogP contribution in [0.5, 0.6) is 0 Å². The number of ether oxygens (including phenoxy) is 1. The summed E-state index contributed by atoms with van der Waals surface area (Å²) in [4.78, 5) is 29.8. The van der Waals surface area contributed by atoms with Crippen molar-refractivity contribution in [3.8, 4) is 17.2 Å². The number of hydrogen-bond donors (Lipinski definition) is 1. The summed E-state index contributed by atoms with van der Waals surface area (Å²) in [6.07, 6.45) is 1.28. The van der Waals surface area contributed by atoms with E-state index in [0.29, 0.717) is 32.6 Å². The highest BCUT2D eigenvalue weighted by molar-refractivity contribution is 7.89. The van der Waals surface area contributed by atoms with Crippen LogP contribution in [0.2, 0.25) is 0 Å². The summed E-state index contributed by atoms with van der Waals surface area (Å²) < 4.78 is 64.2. The zero-order valence-electron chi connectivity index (χ0n) is 25.9. The normalized spacial score (nSPS) is 23.0. The molecule has 4 atom stereocenters. The molecule has 1 saturated carbocycles. The van der Waals surface area contributed by atoms with Gasteiger partial charge in [0.2, 0.25) is 15.9 Å². The second-order valence-electron chi connectivity index (χ2n) is 13.1. The molecule has 45 heavy (non-hydrogen) atoms. The van der Waals surface area contributed by atoms with Crippen molar-refractivity contribution >= 4 is 22.0 Å². The predicted molar refractivity (Wildman–Crippen MR) is 162 cm³/mol. The van der Waals surface area contributed by atoms with Crippen LogP contribution in [-0.4, -0.2) is 91.5 Å². The molecular weight excluding hydrogens is 604 g/mol. The molecule has 13 heteroatoms. The van der Waals surface area contributed by atoms with Gasteiger partial charge in [-0.15, -0.1) is 0 Å². The molecule has 0 unspecified atom stereocenters. The van der Waals surface area contributed by atoms with Gasteiger partial charge in [0.05, 0.1) is 11.0 Å². The molecule has 2 heterocycles. The van der Waals surface area contributed by atoms with E-state index >= 15 is 8.78 Å². The number of rotatable bonds is 7. The minimum absolute atomic E-state index is 0.0123. The molecule has 0 aromatic heterocycles. The lowest BCUT2D eigenvalue weighted by Crippen LogP contribution is -2.55. The molecular formula is C32H39F2N5O5S. The molecule has 2 aliphatic heterocycles. The predicted octanol–water partition coefficient (Wildman–Crippen LogP) is 3.91. The Morgan fingerprint density at radius 3 is 2.47 bits per heavy atom. The number of amides is 2. The maximum atomic E-state index is 15.4. The first-order chi connectivity index (χ1) is 21.2. The van der Waals surface area contributed by atoms with Gasteiger partial charge < -0.3 is 15.0 Å². The molecule has 2 aromatic rings. The minimum Gasteiger partial charge on any atom is -0.444 e. The standard InChI is InChI=1S/C32H39F2N5O5S/c1-32(2,3)44-31(41)39-24-10-8-22(17-24)29(39)30(40)36-23(19-35)16-21-9-11-26(28(34)27(21)33)20-6-5-7-25(18-20)45(42,43)38-14-12-37(4)13-15-38/h5-7,9,11,18,22-24,29H,8,10,12-17H2,1-4H3,(H,36,40)/t22-,23-,24+,29-/m0/s1. The zero-order valence-corrected chi connectivity index (χ0v) is 26.7. The first-order valence-electron chi connectivity index (χ1n) is 15.2. The first kappa shape index (κ1) is 32.8. The number of carbonyl (C=O) groups excluding carboxylic acids is 2. The Balaban J connectivity index is 1.31. The van der Waals surface area contributed by atoms with Crippen LogP contribution in [-0.2, 0) is 26.0 Å². The van der Waals surface area contributed by atoms with E-state index in [1.807, 2.05) is 18.0 Å². The first-order valence-corrected chi connectivity index (χ1v) is 16.6. The number of piperidine rings is 1. The molecule has 0 spiro atoms. The van der Waals surface area contributed by atoms with E-state index in [2.05, 4.69) is 5.32 Å².